The Morgan fingerprint density at radius 1 is 1.38 bits per heavy atom. The van der Waals surface area contributed by atoms with Crippen LogP contribution in [0.3, 0.4) is 0 Å². The van der Waals surface area contributed by atoms with Crippen LogP contribution in [-0.4, -0.2) is 13.1 Å². The number of nitrogens with zero attached hydrogens (tertiary/aromatic N) is 1. The van der Waals surface area contributed by atoms with Gasteiger partial charge in [0.15, 0.2) is 0 Å². The third-order valence-electron chi connectivity index (χ3n) is 2.24. The summed E-state index contributed by atoms with van der Waals surface area (Å²) in [6.45, 7) is 2.17. The van der Waals surface area contributed by atoms with Gasteiger partial charge in [-0.2, -0.15) is 5.26 Å². The molecule has 0 bridgehead atoms. The van der Waals surface area contributed by atoms with Crippen molar-refractivity contribution in [2.75, 3.05) is 13.1 Å². The maximum absolute atomic E-state index is 8.43. The van der Waals surface area contributed by atoms with Crippen LogP contribution in [0.5, 0.6) is 0 Å². The van der Waals surface area contributed by atoms with Gasteiger partial charge in [-0.05, 0) is 24.9 Å². The second kappa shape index (κ2) is 1.24. The molecule has 2 heteroatoms. The quantitative estimate of drug-likeness (QED) is 0.473. The van der Waals surface area contributed by atoms with Crippen LogP contribution < -0.4 is 5.32 Å². The van der Waals surface area contributed by atoms with E-state index < -0.39 is 0 Å². The molecule has 2 unspecified atom stereocenters. The topological polar surface area (TPSA) is 35.8 Å². The molecule has 2 aliphatic rings. The molecule has 1 heterocycles. The summed E-state index contributed by atoms with van der Waals surface area (Å²) in [5.41, 5.74) is 0. The van der Waals surface area contributed by atoms with Crippen LogP contribution in [0.15, 0.2) is 0 Å². The average molecular weight is 108 g/mol. The fourth-order valence-corrected chi connectivity index (χ4v) is 1.61. The van der Waals surface area contributed by atoms with Crippen molar-refractivity contribution in [2.45, 2.75) is 0 Å². The molecular formula is C6H8N2. The molecule has 0 spiro atoms. The highest BCUT2D eigenvalue weighted by molar-refractivity contribution is 5.13. The lowest BCUT2D eigenvalue weighted by atomic mass is 10.3. The molecule has 8 heavy (non-hydrogen) atoms. The fourth-order valence-electron chi connectivity index (χ4n) is 1.61. The molecule has 0 amide bonds. The maximum atomic E-state index is 8.43. The SMILES string of the molecule is N#CC1C2CNCC12. The second-order valence-corrected chi connectivity index (χ2v) is 2.64. The van der Waals surface area contributed by atoms with Crippen molar-refractivity contribution < 1.29 is 0 Å². The van der Waals surface area contributed by atoms with Gasteiger partial charge < -0.3 is 5.32 Å². The van der Waals surface area contributed by atoms with Crippen LogP contribution in [0.1, 0.15) is 0 Å². The third kappa shape index (κ3) is 0.354. The largest absolute Gasteiger partial charge is 0.316 e. The second-order valence-electron chi connectivity index (χ2n) is 2.64. The summed E-state index contributed by atoms with van der Waals surface area (Å²) < 4.78 is 0. The highest BCUT2D eigenvalue weighted by atomic mass is 15.0. The third-order valence-corrected chi connectivity index (χ3v) is 2.24. The van der Waals surface area contributed by atoms with Crippen molar-refractivity contribution >= 4 is 0 Å². The van der Waals surface area contributed by atoms with Crippen LogP contribution in [0.2, 0.25) is 0 Å². The molecule has 0 radical (unpaired) electrons. The van der Waals surface area contributed by atoms with Crippen LogP contribution in [0.25, 0.3) is 0 Å². The molecule has 0 aromatic rings. The number of hydrogen-bond acceptors (Lipinski definition) is 2. The summed E-state index contributed by atoms with van der Waals surface area (Å²) in [5, 5.41) is 11.7. The van der Waals surface area contributed by atoms with Crippen molar-refractivity contribution in [3.8, 4) is 6.07 Å². The Balaban J connectivity index is 2.06. The molecule has 2 fully saturated rings. The normalized spacial score (nSPS) is 50.1. The minimum absolute atomic E-state index is 0.413. The van der Waals surface area contributed by atoms with Gasteiger partial charge in [0, 0.05) is 0 Å². The molecule has 2 nitrogen and oxygen atoms in total. The summed E-state index contributed by atoms with van der Waals surface area (Å²) >= 11 is 0. The smallest absolute Gasteiger partial charge is 0.0662 e. The summed E-state index contributed by atoms with van der Waals surface area (Å²) in [5.74, 6) is 1.86. The first-order valence-electron chi connectivity index (χ1n) is 3.04. The van der Waals surface area contributed by atoms with E-state index in [0.29, 0.717) is 5.92 Å². The van der Waals surface area contributed by atoms with Gasteiger partial charge in [0.25, 0.3) is 0 Å². The van der Waals surface area contributed by atoms with E-state index >= 15 is 0 Å². The Morgan fingerprint density at radius 3 is 2.38 bits per heavy atom. The summed E-state index contributed by atoms with van der Waals surface area (Å²) in [6, 6.07) is 2.30. The molecule has 1 aliphatic carbocycles. The van der Waals surface area contributed by atoms with E-state index in [1.54, 1.807) is 0 Å². The monoisotopic (exact) mass is 108 g/mol. The highest BCUT2D eigenvalue weighted by Crippen LogP contribution is 2.47. The summed E-state index contributed by atoms with van der Waals surface area (Å²) in [7, 11) is 0. The van der Waals surface area contributed by atoms with Gasteiger partial charge >= 0.3 is 0 Å². The zero-order valence-corrected chi connectivity index (χ0v) is 4.59. The minimum atomic E-state index is 0.413. The maximum Gasteiger partial charge on any atom is 0.0662 e. The van der Waals surface area contributed by atoms with Crippen molar-refractivity contribution in [3.63, 3.8) is 0 Å². The van der Waals surface area contributed by atoms with Crippen LogP contribution in [0.4, 0.5) is 0 Å². The van der Waals surface area contributed by atoms with Crippen LogP contribution >= 0.6 is 0 Å². The van der Waals surface area contributed by atoms with Crippen molar-refractivity contribution in [3.05, 3.63) is 0 Å². The Kier molecular flexibility index (Phi) is 0.671. The lowest BCUT2D eigenvalue weighted by Crippen LogP contribution is -2.13. The van der Waals surface area contributed by atoms with E-state index in [4.69, 9.17) is 5.26 Å². The van der Waals surface area contributed by atoms with Crippen molar-refractivity contribution in [1.82, 2.24) is 5.32 Å². The van der Waals surface area contributed by atoms with E-state index in [1.807, 2.05) is 0 Å². The molecule has 2 atom stereocenters. The molecule has 1 saturated carbocycles. The van der Waals surface area contributed by atoms with E-state index in [1.165, 1.54) is 0 Å². The Bertz CT molecular complexity index is 137. The predicted molar refractivity (Wildman–Crippen MR) is 29.0 cm³/mol. The van der Waals surface area contributed by atoms with Crippen LogP contribution in [-0.2, 0) is 0 Å². The van der Waals surface area contributed by atoms with E-state index in [-0.39, 0.29) is 0 Å². The first-order chi connectivity index (χ1) is 3.93. The first kappa shape index (κ1) is 4.34. The number of piperidine rings is 1. The van der Waals surface area contributed by atoms with Gasteiger partial charge in [-0.25, -0.2) is 0 Å². The fraction of sp³-hybridized carbons (Fsp3) is 0.833. The minimum Gasteiger partial charge on any atom is -0.316 e. The number of fused-ring (bicyclic) bond motifs is 1. The molecule has 1 saturated heterocycles. The predicted octanol–water partition coefficient (Wildman–Crippen LogP) is -0.0246. The molecule has 42 valence electrons. The number of hydrogen-bond donors (Lipinski definition) is 1. The van der Waals surface area contributed by atoms with Gasteiger partial charge in [0.2, 0.25) is 0 Å². The number of nitriles is 1. The Morgan fingerprint density at radius 2 is 2.00 bits per heavy atom. The Labute approximate surface area is 48.5 Å². The molecule has 0 aromatic heterocycles. The zero-order chi connectivity index (χ0) is 5.56. The summed E-state index contributed by atoms with van der Waals surface area (Å²) in [6.07, 6.45) is 0. The van der Waals surface area contributed by atoms with Crippen molar-refractivity contribution in [1.29, 1.82) is 5.26 Å². The number of nitrogens with one attached hydrogen (secondary N) is 1. The average Bonchev–Trinajstić information content (AvgIpc) is 2.22. The summed E-state index contributed by atoms with van der Waals surface area (Å²) in [4.78, 5) is 0. The van der Waals surface area contributed by atoms with Crippen molar-refractivity contribution in [2.24, 2.45) is 17.8 Å². The number of rotatable bonds is 0. The molecular weight excluding hydrogens is 100 g/mol. The Hall–Kier alpha value is -0.550. The first-order valence-corrected chi connectivity index (χ1v) is 3.04. The van der Waals surface area contributed by atoms with E-state index in [0.717, 1.165) is 24.9 Å². The van der Waals surface area contributed by atoms with Gasteiger partial charge in [-0.3, -0.25) is 0 Å². The standard InChI is InChI=1S/C6H8N2/c7-1-4-5-2-8-3-6(4)5/h4-6,8H,2-3H2. The van der Waals surface area contributed by atoms with E-state index in [2.05, 4.69) is 11.4 Å². The van der Waals surface area contributed by atoms with Gasteiger partial charge in [-0.1, -0.05) is 0 Å². The lowest BCUT2D eigenvalue weighted by molar-refractivity contribution is 0.675. The van der Waals surface area contributed by atoms with Gasteiger partial charge in [0.1, 0.15) is 0 Å². The lowest BCUT2D eigenvalue weighted by Gasteiger charge is -1.92. The van der Waals surface area contributed by atoms with Crippen LogP contribution in [0, 0.1) is 29.1 Å². The molecule has 2 rings (SSSR count). The van der Waals surface area contributed by atoms with Gasteiger partial charge in [0.05, 0.1) is 12.0 Å². The molecule has 1 N–H and O–H groups in total. The molecule has 0 aromatic carbocycles. The highest BCUT2D eigenvalue weighted by Gasteiger charge is 2.53. The molecule has 1 aliphatic heterocycles. The zero-order valence-electron chi connectivity index (χ0n) is 4.59. The van der Waals surface area contributed by atoms with Gasteiger partial charge in [-0.15, -0.1) is 0 Å². The van der Waals surface area contributed by atoms with E-state index in [9.17, 15) is 0 Å².